The van der Waals surface area contributed by atoms with Crippen LogP contribution in [0, 0.1) is 45.3 Å². The highest BCUT2D eigenvalue weighted by Crippen LogP contribution is 2.75. The van der Waals surface area contributed by atoms with Gasteiger partial charge in [-0.15, -0.1) is 0 Å². The lowest BCUT2D eigenvalue weighted by molar-refractivity contribution is -0.380. The van der Waals surface area contributed by atoms with Crippen LogP contribution in [0.3, 0.4) is 0 Å². The molecule has 0 aromatic carbocycles. The molecule has 29 heteroatoms. The van der Waals surface area contributed by atoms with Crippen LogP contribution >= 0.6 is 0 Å². The van der Waals surface area contributed by atoms with Crippen molar-refractivity contribution >= 4 is 0 Å². The number of fused-ring (bicyclic) bond motifs is 5. The highest BCUT2D eigenvalue weighted by atomic mass is 16.8. The average molecular weight is 1290 g/mol. The van der Waals surface area contributed by atoms with E-state index in [4.69, 9.17) is 47.4 Å². The summed E-state index contributed by atoms with van der Waals surface area (Å²) in [6, 6.07) is 0. The summed E-state index contributed by atoms with van der Waals surface area (Å²) in [5.74, 6) is -0.0172. The third-order valence-corrected chi connectivity index (χ3v) is 22.9. The van der Waals surface area contributed by atoms with Gasteiger partial charge in [0.2, 0.25) is 0 Å². The van der Waals surface area contributed by atoms with Crippen molar-refractivity contribution in [3.05, 3.63) is 11.6 Å². The van der Waals surface area contributed by atoms with E-state index in [0.717, 1.165) is 18.4 Å². The van der Waals surface area contributed by atoms with Crippen LogP contribution in [-0.4, -0.2) is 308 Å². The quantitative estimate of drug-likeness (QED) is 0.0506. The Bertz CT molecular complexity index is 2340. The Kier molecular flexibility index (Phi) is 22.3. The summed E-state index contributed by atoms with van der Waals surface area (Å²) < 4.78 is 59.5. The molecule has 1 unspecified atom stereocenters. The van der Waals surface area contributed by atoms with Crippen LogP contribution in [0.1, 0.15) is 107 Å². The van der Waals surface area contributed by atoms with Crippen molar-refractivity contribution in [2.45, 2.75) is 284 Å². The van der Waals surface area contributed by atoms with E-state index in [0.29, 0.717) is 32.1 Å². The molecule has 4 aliphatic carbocycles. The van der Waals surface area contributed by atoms with Gasteiger partial charge in [0.15, 0.2) is 31.5 Å². The van der Waals surface area contributed by atoms with Gasteiger partial charge in [-0.3, -0.25) is 0 Å². The second-order valence-electron chi connectivity index (χ2n) is 28.7. The smallest absolute Gasteiger partial charge is 0.187 e. The van der Waals surface area contributed by atoms with Crippen molar-refractivity contribution in [2.75, 3.05) is 33.0 Å². The molecule has 0 aromatic heterocycles. The van der Waals surface area contributed by atoms with E-state index < -0.39 is 227 Å². The molecular weight excluding hydrogens is 1180 g/mol. The molecule has 89 heavy (non-hydrogen) atoms. The summed E-state index contributed by atoms with van der Waals surface area (Å²) in [4.78, 5) is 0. The molecule has 3 saturated carbocycles. The normalized spacial score (nSPS) is 51.8. The first-order valence-corrected chi connectivity index (χ1v) is 31.6. The maximum Gasteiger partial charge on any atom is 0.187 e. The zero-order valence-electron chi connectivity index (χ0n) is 51.8. The van der Waals surface area contributed by atoms with Gasteiger partial charge in [-0.2, -0.15) is 0 Å². The van der Waals surface area contributed by atoms with Gasteiger partial charge in [0.1, 0.15) is 122 Å². The fourth-order valence-electron chi connectivity index (χ4n) is 17.1. The van der Waals surface area contributed by atoms with E-state index in [1.807, 2.05) is 13.8 Å². The largest absolute Gasteiger partial charge is 0.394 e. The molecule has 9 rings (SSSR count). The van der Waals surface area contributed by atoms with Crippen molar-refractivity contribution in [1.82, 2.24) is 0 Å². The van der Waals surface area contributed by atoms with Crippen molar-refractivity contribution < 1.29 is 144 Å². The van der Waals surface area contributed by atoms with Crippen LogP contribution < -0.4 is 0 Å². The fraction of sp³-hybridized carbons (Fsp3) is 0.967. The van der Waals surface area contributed by atoms with Gasteiger partial charge in [0.25, 0.3) is 0 Å². The number of ether oxygens (including phenoxy) is 10. The predicted octanol–water partition coefficient (Wildman–Crippen LogP) is -5.41. The Hall–Kier alpha value is -1.42. The topological polar surface area (TPSA) is 477 Å². The molecule has 0 aromatic rings. The number of allylic oxidation sites excluding steroid dienone is 1. The molecule has 0 bridgehead atoms. The van der Waals surface area contributed by atoms with Crippen molar-refractivity contribution in [2.24, 2.45) is 45.3 Å². The molecule has 0 radical (unpaired) electrons. The zero-order valence-corrected chi connectivity index (χ0v) is 51.8. The number of rotatable bonds is 20. The summed E-state index contributed by atoms with van der Waals surface area (Å²) in [5, 5.41) is 205. The average Bonchev–Trinajstić information content (AvgIpc) is 1.66. The maximum absolute atomic E-state index is 12.8. The van der Waals surface area contributed by atoms with E-state index in [-0.39, 0.29) is 35.5 Å². The Morgan fingerprint density at radius 1 is 0.517 bits per heavy atom. The van der Waals surface area contributed by atoms with Crippen LogP contribution in [0.2, 0.25) is 0 Å². The van der Waals surface area contributed by atoms with E-state index >= 15 is 0 Å². The van der Waals surface area contributed by atoms with E-state index in [1.54, 1.807) is 0 Å². The van der Waals surface area contributed by atoms with Gasteiger partial charge >= 0.3 is 0 Å². The first kappa shape index (κ1) is 71.9. The Morgan fingerprint density at radius 3 is 1.52 bits per heavy atom. The van der Waals surface area contributed by atoms with Crippen LogP contribution in [0.4, 0.5) is 0 Å². The Morgan fingerprint density at radius 2 is 0.978 bits per heavy atom. The third kappa shape index (κ3) is 13.0. The van der Waals surface area contributed by atoms with E-state index in [9.17, 15) is 97.0 Å². The molecule has 19 N–H and O–H groups in total. The van der Waals surface area contributed by atoms with Crippen LogP contribution in [-0.2, 0) is 47.4 Å². The summed E-state index contributed by atoms with van der Waals surface area (Å²) in [6.07, 6.45) is -37.7. The summed E-state index contributed by atoms with van der Waals surface area (Å²) >= 11 is 0. The van der Waals surface area contributed by atoms with Gasteiger partial charge in [-0.25, -0.2) is 0 Å². The zero-order chi connectivity index (χ0) is 65.5. The number of hydrogen-bond donors (Lipinski definition) is 19. The van der Waals surface area contributed by atoms with Crippen molar-refractivity contribution in [3.8, 4) is 0 Å². The first-order valence-electron chi connectivity index (χ1n) is 31.6. The van der Waals surface area contributed by atoms with Crippen LogP contribution in [0.15, 0.2) is 11.6 Å². The van der Waals surface area contributed by atoms with Gasteiger partial charge in [0, 0.05) is 10.8 Å². The predicted molar refractivity (Wildman–Crippen MR) is 300 cm³/mol. The number of hydrogen-bond acceptors (Lipinski definition) is 29. The summed E-state index contributed by atoms with van der Waals surface area (Å²) in [5.41, 5.74) is -2.49. The standard InChI is InChI=1S/C60H102O29/c1-23(9-13-35(57(4,5)79)87-55-50(89-54-47(77)42(72)38(68)29(20-63)83-54)43(73)39(69)31(85-55)22-80-51-45(75)40(70)36(66)27(18-61)81-51)24-15-16-58(6)32-12-10-25-26(60(32,8)33(65)17-59(24,58)7)11-14-34(56(25,2)3)86-52-48(78)44(74)49(30(21-64)84-52)88-53-46(76)41(71)37(67)28(19-62)82-53/h10,23-24,26-55,61-79H,9,11-22H2,1-8H3/t23-,24-,26?,27-,28-,29-,30-,31-,32+,33-,34+,35-,36-,37-,38-,39-,40+,41+,42+,43+,44-,45-,46-,47-,48-,49-,50-,51-,52+,53+,54+,55+,58+,59-,60+/m1/s1. The molecule has 29 nitrogen and oxygen atoms in total. The molecule has 8 fully saturated rings. The molecule has 35 atom stereocenters. The first-order chi connectivity index (χ1) is 41.7. The molecule has 5 heterocycles. The molecule has 0 spiro atoms. The SMILES string of the molecule is C[C@H](CC[C@@H](O[C@@H]1O[C@H](CO[C@@H]2O[C@H](CO)[C@@H](O)[C@H](O)[C@H]2O)[C@@H](O)[C@H](O)[C@H]1O[C@@H]1O[C@H](CO)[C@@H](O)[C@H](O)[C@H]1O)C(C)(C)O)[C@H]1CC[C@@]2(C)[C@@H]3CC=C4C(CC[C@H](O[C@@H]5O[C@H](CO)[C@@H](O[C@@H]6O[C@H](CO)[C@@H](O)[C@H](O)[C@H]6O)[C@H](O)[C@H]5O)C4(C)C)[C@]3(C)[C@H](O)C[C@]12C. The van der Waals surface area contributed by atoms with E-state index in [1.165, 1.54) is 13.8 Å². The molecule has 516 valence electrons. The minimum atomic E-state index is -1.96. The highest BCUT2D eigenvalue weighted by molar-refractivity contribution is 5.32. The minimum Gasteiger partial charge on any atom is -0.394 e. The van der Waals surface area contributed by atoms with E-state index in [2.05, 4.69) is 33.8 Å². The lowest BCUT2D eigenvalue weighted by atomic mass is 9.38. The van der Waals surface area contributed by atoms with Gasteiger partial charge < -0.3 is 144 Å². The highest BCUT2D eigenvalue weighted by Gasteiger charge is 2.71. The number of aliphatic hydroxyl groups is 19. The monoisotopic (exact) mass is 1290 g/mol. The Labute approximate surface area is 517 Å². The van der Waals surface area contributed by atoms with Crippen LogP contribution in [0.5, 0.6) is 0 Å². The minimum absolute atomic E-state index is 0.0310. The Balaban J connectivity index is 0.884. The fourth-order valence-corrected chi connectivity index (χ4v) is 17.1. The number of aliphatic hydroxyl groups excluding tert-OH is 18. The maximum atomic E-state index is 12.8. The van der Waals surface area contributed by atoms with Gasteiger partial charge in [0.05, 0.1) is 56.9 Å². The summed E-state index contributed by atoms with van der Waals surface area (Å²) in [7, 11) is 0. The van der Waals surface area contributed by atoms with Gasteiger partial charge in [-0.05, 0) is 99.7 Å². The molecule has 5 saturated heterocycles. The lowest BCUT2D eigenvalue weighted by Gasteiger charge is -2.67. The lowest BCUT2D eigenvalue weighted by Crippen LogP contribution is -2.66. The van der Waals surface area contributed by atoms with Crippen LogP contribution in [0.25, 0.3) is 0 Å². The molecular formula is C60H102O29. The second-order valence-corrected chi connectivity index (χ2v) is 28.7. The molecule has 5 aliphatic heterocycles. The van der Waals surface area contributed by atoms with Crippen molar-refractivity contribution in [1.29, 1.82) is 0 Å². The second kappa shape index (κ2) is 27.6. The molecule has 0 amide bonds. The molecule has 9 aliphatic rings. The van der Waals surface area contributed by atoms with Gasteiger partial charge in [-0.1, -0.05) is 53.2 Å². The van der Waals surface area contributed by atoms with Crippen molar-refractivity contribution in [3.63, 3.8) is 0 Å². The third-order valence-electron chi connectivity index (χ3n) is 22.9. The summed E-state index contributed by atoms with van der Waals surface area (Å²) in [6.45, 7) is 12.3.